The molecule has 0 saturated carbocycles. The van der Waals surface area contributed by atoms with Crippen molar-refractivity contribution in [2.75, 3.05) is 46.2 Å². The van der Waals surface area contributed by atoms with E-state index in [1.54, 1.807) is 0 Å². The van der Waals surface area contributed by atoms with Crippen molar-refractivity contribution in [3.05, 3.63) is 16.7 Å². The summed E-state index contributed by atoms with van der Waals surface area (Å²) in [7, 11) is -2.14. The van der Waals surface area contributed by atoms with Crippen LogP contribution >= 0.6 is 0 Å². The fourth-order valence-electron chi connectivity index (χ4n) is 4.71. The van der Waals surface area contributed by atoms with Gasteiger partial charge < -0.3 is 39.7 Å². The second-order valence-corrected chi connectivity index (χ2v) is 10.5. The number of fused-ring (bicyclic) bond motifs is 3. The lowest BCUT2D eigenvalue weighted by atomic mass is 9.84. The quantitative estimate of drug-likeness (QED) is 0.275. The number of nitrogens with zero attached hydrogens (tertiary/aromatic N) is 2. The first-order chi connectivity index (χ1) is 16.0. The van der Waals surface area contributed by atoms with E-state index < -0.39 is 64.6 Å². The molecular formula is C20H28N2O11S. The molecular weight excluding hydrogens is 476 g/mol. The lowest BCUT2D eigenvalue weighted by Crippen LogP contribution is -2.58. The normalized spacial score (nSPS) is 30.4. The molecule has 4 rings (SSSR count). The van der Waals surface area contributed by atoms with Gasteiger partial charge in [-0.15, -0.1) is 0 Å². The van der Waals surface area contributed by atoms with Crippen LogP contribution in [0.3, 0.4) is 0 Å². The summed E-state index contributed by atoms with van der Waals surface area (Å²) in [5, 5.41) is 51.9. The molecule has 5 atom stereocenters. The molecule has 0 aliphatic carbocycles. The number of carbonyl (C=O) groups excluding carboxylic acids is 1. The number of phenolic OH excluding ortho intramolecular Hbond substituents is 2. The van der Waals surface area contributed by atoms with Gasteiger partial charge in [-0.1, -0.05) is 0 Å². The van der Waals surface area contributed by atoms with Crippen molar-refractivity contribution >= 4 is 16.0 Å². The Kier molecular flexibility index (Phi) is 6.67. The van der Waals surface area contributed by atoms with Gasteiger partial charge in [-0.2, -0.15) is 4.31 Å². The number of aromatic hydroxyl groups is 2. The van der Waals surface area contributed by atoms with Gasteiger partial charge in [0.1, 0.15) is 24.4 Å². The van der Waals surface area contributed by atoms with E-state index in [9.17, 15) is 38.7 Å². The maximum absolute atomic E-state index is 13.0. The highest BCUT2D eigenvalue weighted by Gasteiger charge is 2.53. The number of esters is 1. The smallest absolute Gasteiger partial charge is 0.339 e. The van der Waals surface area contributed by atoms with Crippen LogP contribution in [0.1, 0.15) is 27.6 Å². The fraction of sp³-hybridized carbons (Fsp3) is 0.650. The Hall–Kier alpha value is -2.20. The molecule has 3 aliphatic heterocycles. The third-order valence-electron chi connectivity index (χ3n) is 6.53. The van der Waals surface area contributed by atoms with Crippen molar-refractivity contribution in [3.63, 3.8) is 0 Å². The molecule has 0 spiro atoms. The Morgan fingerprint density at radius 1 is 1.09 bits per heavy atom. The summed E-state index contributed by atoms with van der Waals surface area (Å²) in [5.74, 6) is -2.35. The molecule has 0 bridgehead atoms. The van der Waals surface area contributed by atoms with Crippen LogP contribution < -0.4 is 4.74 Å². The van der Waals surface area contributed by atoms with Crippen LogP contribution in [-0.4, -0.2) is 120 Å². The number of aliphatic hydroxyl groups excluding tert-OH is 3. The first-order valence-electron chi connectivity index (χ1n) is 10.6. The Morgan fingerprint density at radius 2 is 1.74 bits per heavy atom. The average molecular weight is 505 g/mol. The first-order valence-corrected chi connectivity index (χ1v) is 12.5. The molecule has 0 amide bonds. The maximum Gasteiger partial charge on any atom is 0.339 e. The number of hydrogen-bond acceptors (Lipinski definition) is 12. The van der Waals surface area contributed by atoms with Gasteiger partial charge in [-0.05, 0) is 0 Å². The van der Waals surface area contributed by atoms with Crippen molar-refractivity contribution in [3.8, 4) is 17.2 Å². The molecule has 1 aromatic carbocycles. The van der Waals surface area contributed by atoms with Gasteiger partial charge >= 0.3 is 5.97 Å². The van der Waals surface area contributed by atoms with Gasteiger partial charge in [0.05, 0.1) is 25.5 Å². The minimum absolute atomic E-state index is 0.00347. The van der Waals surface area contributed by atoms with Crippen molar-refractivity contribution in [2.45, 2.75) is 37.1 Å². The van der Waals surface area contributed by atoms with Crippen LogP contribution in [0.2, 0.25) is 0 Å². The number of ether oxygens (including phenoxy) is 3. The highest BCUT2D eigenvalue weighted by Crippen LogP contribution is 2.52. The zero-order valence-electron chi connectivity index (χ0n) is 18.6. The Morgan fingerprint density at radius 3 is 2.29 bits per heavy atom. The van der Waals surface area contributed by atoms with Crippen LogP contribution in [0.4, 0.5) is 0 Å². The number of phenols is 2. The Labute approximate surface area is 195 Å². The molecule has 190 valence electrons. The number of carbonyl (C=O) groups is 1. The molecule has 34 heavy (non-hydrogen) atoms. The van der Waals surface area contributed by atoms with Gasteiger partial charge in [-0.25, -0.2) is 13.2 Å². The summed E-state index contributed by atoms with van der Waals surface area (Å²) in [4.78, 5) is 14.8. The third-order valence-corrected chi connectivity index (χ3v) is 7.83. The van der Waals surface area contributed by atoms with Crippen molar-refractivity contribution in [1.29, 1.82) is 0 Å². The minimum atomic E-state index is -3.35. The average Bonchev–Trinajstić information content (AvgIpc) is 2.79. The number of hydrogen-bond donors (Lipinski definition) is 5. The topological polar surface area (TPSA) is 187 Å². The van der Waals surface area contributed by atoms with Crippen LogP contribution in [0, 0.1) is 0 Å². The highest BCUT2D eigenvalue weighted by molar-refractivity contribution is 7.88. The summed E-state index contributed by atoms with van der Waals surface area (Å²) in [6.07, 6.45) is -5.85. The van der Waals surface area contributed by atoms with Crippen LogP contribution in [0.25, 0.3) is 0 Å². The maximum atomic E-state index is 13.0. The minimum Gasteiger partial charge on any atom is -0.504 e. The molecule has 14 heteroatoms. The molecule has 3 heterocycles. The third kappa shape index (κ3) is 4.08. The van der Waals surface area contributed by atoms with E-state index in [1.165, 1.54) is 11.4 Å². The summed E-state index contributed by atoms with van der Waals surface area (Å²) in [5.41, 5.74) is -0.196. The first kappa shape index (κ1) is 24.9. The number of methoxy groups -OCH3 is 1. The number of benzene rings is 1. The summed E-state index contributed by atoms with van der Waals surface area (Å²) in [6.45, 7) is 0.440. The predicted molar refractivity (Wildman–Crippen MR) is 114 cm³/mol. The van der Waals surface area contributed by atoms with Gasteiger partial charge in [-0.3, -0.25) is 4.90 Å². The lowest BCUT2D eigenvalue weighted by Gasteiger charge is -2.45. The molecule has 5 N–H and O–H groups in total. The van der Waals surface area contributed by atoms with Crippen LogP contribution in [-0.2, 0) is 26.0 Å². The molecule has 2 fully saturated rings. The van der Waals surface area contributed by atoms with Crippen LogP contribution in [0.5, 0.6) is 17.2 Å². The zero-order chi connectivity index (χ0) is 24.9. The van der Waals surface area contributed by atoms with Crippen LogP contribution in [0.15, 0.2) is 0 Å². The fourth-order valence-corrected chi connectivity index (χ4v) is 5.53. The van der Waals surface area contributed by atoms with E-state index in [1.807, 2.05) is 4.90 Å². The van der Waals surface area contributed by atoms with Gasteiger partial charge in [0.2, 0.25) is 15.8 Å². The van der Waals surface area contributed by atoms with Gasteiger partial charge in [0, 0.05) is 43.9 Å². The standard InChI is InChI=1S/C20H28N2O11S/c1-31-18-13(24)9(7-21-3-5-22(6-4-21)34(2,29)30)11-12(15(18)26)17-19(33-20(11)28)16(27)14(25)10(8-23)32-17/h10,14,16-17,19,23-27H,3-8H2,1-2H3/t10-,14-,16+,17?,19?/m1/s1. The zero-order valence-corrected chi connectivity index (χ0v) is 19.4. The second-order valence-electron chi connectivity index (χ2n) is 8.56. The number of aliphatic hydroxyl groups is 3. The molecule has 0 aromatic heterocycles. The monoisotopic (exact) mass is 504 g/mol. The van der Waals surface area contributed by atoms with E-state index in [4.69, 9.17) is 14.2 Å². The van der Waals surface area contributed by atoms with E-state index in [0.717, 1.165) is 6.26 Å². The van der Waals surface area contributed by atoms with E-state index in [2.05, 4.69) is 0 Å². The van der Waals surface area contributed by atoms with E-state index in [-0.39, 0.29) is 42.1 Å². The predicted octanol–water partition coefficient (Wildman–Crippen LogP) is -2.12. The Bertz CT molecular complexity index is 1070. The SMILES string of the molecule is COc1c(O)c(CN2CCN(S(C)(=O)=O)CC2)c2c(c1O)C1O[C@H](CO)[C@@H](O)[C@H](O)C1OC2=O. The summed E-state index contributed by atoms with van der Waals surface area (Å²) >= 11 is 0. The molecule has 1 aromatic rings. The lowest BCUT2D eigenvalue weighted by molar-refractivity contribution is -0.235. The number of sulfonamides is 1. The van der Waals surface area contributed by atoms with Gasteiger partial charge in [0.15, 0.2) is 17.6 Å². The van der Waals surface area contributed by atoms with E-state index >= 15 is 0 Å². The molecule has 0 radical (unpaired) electrons. The number of piperazine rings is 1. The van der Waals surface area contributed by atoms with Crippen molar-refractivity contribution in [1.82, 2.24) is 9.21 Å². The van der Waals surface area contributed by atoms with E-state index in [0.29, 0.717) is 13.1 Å². The highest BCUT2D eigenvalue weighted by atomic mass is 32.2. The summed E-state index contributed by atoms with van der Waals surface area (Å²) < 4.78 is 41.1. The summed E-state index contributed by atoms with van der Waals surface area (Å²) in [6, 6.07) is 0. The molecule has 13 nitrogen and oxygen atoms in total. The number of rotatable bonds is 5. The Balaban J connectivity index is 1.75. The van der Waals surface area contributed by atoms with Crippen molar-refractivity contribution in [2.24, 2.45) is 0 Å². The van der Waals surface area contributed by atoms with Crippen molar-refractivity contribution < 1.29 is 53.0 Å². The molecule has 2 unspecified atom stereocenters. The molecule has 3 aliphatic rings. The van der Waals surface area contributed by atoms with Gasteiger partial charge in [0.25, 0.3) is 0 Å². The molecule has 2 saturated heterocycles. The second kappa shape index (κ2) is 9.11. The largest absolute Gasteiger partial charge is 0.504 e.